The molecule has 5 rings (SSSR count). The van der Waals surface area contributed by atoms with Gasteiger partial charge in [-0.3, -0.25) is 4.79 Å². The van der Waals surface area contributed by atoms with E-state index in [0.29, 0.717) is 49.4 Å². The van der Waals surface area contributed by atoms with Gasteiger partial charge in [-0.05, 0) is 73.8 Å². The number of piperidine rings is 2. The molecular formula is C37H43F7N4O6S2. The van der Waals surface area contributed by atoms with Crippen LogP contribution in [0.3, 0.4) is 0 Å². The molecule has 2 aromatic carbocycles. The highest BCUT2D eigenvalue weighted by atomic mass is 32.2. The lowest BCUT2D eigenvalue weighted by molar-refractivity contribution is -0.140. The molecule has 2 saturated heterocycles. The van der Waals surface area contributed by atoms with E-state index in [9.17, 15) is 57.5 Å². The fourth-order valence-corrected chi connectivity index (χ4v) is 9.92. The zero-order valence-corrected chi connectivity index (χ0v) is 31.8. The number of rotatable bonds is 15. The summed E-state index contributed by atoms with van der Waals surface area (Å²) in [5, 5.41) is 9.61. The summed E-state index contributed by atoms with van der Waals surface area (Å²) in [6, 6.07) is 8.67. The average molecular weight is 837 g/mol. The van der Waals surface area contributed by atoms with E-state index in [1.54, 1.807) is 30.3 Å². The molecule has 0 spiro atoms. The molecular weight excluding hydrogens is 794 g/mol. The molecule has 0 bridgehead atoms. The number of carboxylic acids is 1. The molecule has 0 amide bonds. The second kappa shape index (κ2) is 17.8. The number of halogens is 7. The summed E-state index contributed by atoms with van der Waals surface area (Å²) in [5.41, 5.74) is -2.24. The van der Waals surface area contributed by atoms with Crippen LogP contribution in [0.5, 0.6) is 0 Å². The van der Waals surface area contributed by atoms with Gasteiger partial charge in [0, 0.05) is 32.4 Å². The van der Waals surface area contributed by atoms with Gasteiger partial charge in [-0.15, -0.1) is 0 Å². The summed E-state index contributed by atoms with van der Waals surface area (Å²) in [7, 11) is -8.84. The zero-order valence-electron chi connectivity index (χ0n) is 30.2. The van der Waals surface area contributed by atoms with Crippen molar-refractivity contribution in [3.63, 3.8) is 0 Å². The molecule has 0 radical (unpaired) electrons. The summed E-state index contributed by atoms with van der Waals surface area (Å²) in [6.45, 7) is 0.913. The van der Waals surface area contributed by atoms with Crippen LogP contribution in [0.1, 0.15) is 74.5 Å². The van der Waals surface area contributed by atoms with Crippen molar-refractivity contribution >= 4 is 31.8 Å². The molecule has 2 N–H and O–H groups in total. The van der Waals surface area contributed by atoms with Crippen LogP contribution in [0.15, 0.2) is 70.6 Å². The number of hydrogen-bond donors (Lipinski definition) is 2. The van der Waals surface area contributed by atoms with Crippen LogP contribution in [0.25, 0.3) is 0 Å². The van der Waals surface area contributed by atoms with Gasteiger partial charge in [-0.1, -0.05) is 62.4 Å². The minimum Gasteiger partial charge on any atom is -0.480 e. The maximum Gasteiger partial charge on any atom is 0.420 e. The van der Waals surface area contributed by atoms with Gasteiger partial charge in [-0.25, -0.2) is 26.2 Å². The highest BCUT2D eigenvalue weighted by Gasteiger charge is 2.39. The number of nitrogens with one attached hydrogen (secondary N) is 1. The Hall–Kier alpha value is -3.81. The van der Waals surface area contributed by atoms with Gasteiger partial charge < -0.3 is 10.0 Å². The second-order valence-corrected chi connectivity index (χ2v) is 17.9. The monoisotopic (exact) mass is 836 g/mol. The van der Waals surface area contributed by atoms with Crippen molar-refractivity contribution in [1.82, 2.24) is 14.0 Å². The standard InChI is InChI=1S/C37H43F7N4O6S2/c38-32-23-28(11-12-30(32)36(39,40)41)56(53,54)48-19-15-26(16-20-48)8-4-1-3-7-25-13-17-47(18-14-25)34-31(37(42,43)44)22-29(24-45-34)55(51,52)46-33(35(49)50)21-27-9-5-2-6-10-27/h2,5-6,9-12,22-26,33,46H,1,3-4,7-8,13-21H2,(H,49,50). The predicted octanol–water partition coefficient (Wildman–Crippen LogP) is 7.50. The van der Waals surface area contributed by atoms with Gasteiger partial charge in [0.25, 0.3) is 0 Å². The molecule has 308 valence electrons. The minimum atomic E-state index is -4.93. The molecule has 3 aromatic rings. The third-order valence-electron chi connectivity index (χ3n) is 10.4. The van der Waals surface area contributed by atoms with E-state index in [4.69, 9.17) is 0 Å². The molecule has 2 aliphatic rings. The maximum absolute atomic E-state index is 14.3. The van der Waals surface area contributed by atoms with Crippen LogP contribution >= 0.6 is 0 Å². The van der Waals surface area contributed by atoms with Crippen molar-refractivity contribution in [3.8, 4) is 0 Å². The Labute approximate surface area is 321 Å². The molecule has 1 unspecified atom stereocenters. The number of benzene rings is 2. The highest BCUT2D eigenvalue weighted by Crippen LogP contribution is 2.39. The van der Waals surface area contributed by atoms with Gasteiger partial charge in [0.2, 0.25) is 20.0 Å². The topological polar surface area (TPSA) is 137 Å². The molecule has 56 heavy (non-hydrogen) atoms. The third-order valence-corrected chi connectivity index (χ3v) is 13.8. The van der Waals surface area contributed by atoms with Crippen molar-refractivity contribution in [1.29, 1.82) is 0 Å². The summed E-state index contributed by atoms with van der Waals surface area (Å²) < 4.78 is 151. The number of alkyl halides is 6. The first-order valence-electron chi connectivity index (χ1n) is 18.2. The SMILES string of the molecule is O=C(O)C(Cc1ccccc1)NS(=O)(=O)c1cnc(N2CCC(CCCCCC3CCN(S(=O)(=O)c4ccc(C(F)(F)F)c(F)c4)CC3)CC2)c(C(F)(F)F)c1. The number of pyridine rings is 1. The van der Waals surface area contributed by atoms with Crippen LogP contribution in [-0.4, -0.2) is 69.4 Å². The Bertz CT molecular complexity index is 2040. The fraction of sp³-hybridized carbons (Fsp3) is 0.514. The van der Waals surface area contributed by atoms with Crippen molar-refractivity contribution in [2.24, 2.45) is 11.8 Å². The summed E-state index contributed by atoms with van der Waals surface area (Å²) in [4.78, 5) is 15.9. The molecule has 1 atom stereocenters. The van der Waals surface area contributed by atoms with Crippen molar-refractivity contribution in [3.05, 3.63) is 83.3 Å². The molecule has 3 heterocycles. The summed E-state index contributed by atoms with van der Waals surface area (Å²) in [6.07, 6.45) is -2.52. The number of carboxylic acid groups (broad SMARTS) is 1. The van der Waals surface area contributed by atoms with E-state index in [1.807, 2.05) is 4.72 Å². The second-order valence-electron chi connectivity index (χ2n) is 14.3. The van der Waals surface area contributed by atoms with Crippen LogP contribution in [-0.2, 0) is 43.6 Å². The van der Waals surface area contributed by atoms with Crippen molar-refractivity contribution < 1.29 is 57.5 Å². The van der Waals surface area contributed by atoms with Gasteiger partial charge in [0.1, 0.15) is 22.6 Å². The number of anilines is 1. The lowest BCUT2D eigenvalue weighted by atomic mass is 9.89. The number of hydrogen-bond acceptors (Lipinski definition) is 7. The van der Waals surface area contributed by atoms with Crippen LogP contribution < -0.4 is 9.62 Å². The minimum absolute atomic E-state index is 0.175. The smallest absolute Gasteiger partial charge is 0.420 e. The van der Waals surface area contributed by atoms with Crippen LogP contribution in [0.2, 0.25) is 0 Å². The van der Waals surface area contributed by atoms with Crippen LogP contribution in [0.4, 0.5) is 36.6 Å². The molecule has 2 aliphatic heterocycles. The van der Waals surface area contributed by atoms with E-state index in [1.165, 1.54) is 9.21 Å². The number of aromatic nitrogens is 1. The van der Waals surface area contributed by atoms with Gasteiger partial charge in [0.15, 0.2) is 0 Å². The Morgan fingerprint density at radius 2 is 1.36 bits per heavy atom. The molecule has 2 fully saturated rings. The van der Waals surface area contributed by atoms with Crippen molar-refractivity contribution in [2.75, 3.05) is 31.1 Å². The maximum atomic E-state index is 14.3. The number of nitrogens with zero attached hydrogens (tertiary/aromatic N) is 3. The number of sulfonamides is 2. The Kier molecular flexibility index (Phi) is 13.7. The molecule has 0 aliphatic carbocycles. The Morgan fingerprint density at radius 1 is 0.786 bits per heavy atom. The number of unbranched alkanes of at least 4 members (excludes halogenated alkanes) is 2. The number of aliphatic carboxylic acids is 1. The molecule has 10 nitrogen and oxygen atoms in total. The van der Waals surface area contributed by atoms with Crippen LogP contribution in [0, 0.1) is 17.7 Å². The first-order chi connectivity index (χ1) is 26.3. The average Bonchev–Trinajstić information content (AvgIpc) is 3.14. The molecule has 19 heteroatoms. The van der Waals surface area contributed by atoms with Gasteiger partial charge >= 0.3 is 18.3 Å². The summed E-state index contributed by atoms with van der Waals surface area (Å²) in [5.74, 6) is -2.99. The predicted molar refractivity (Wildman–Crippen MR) is 192 cm³/mol. The lowest BCUT2D eigenvalue weighted by Crippen LogP contribution is -2.42. The van der Waals surface area contributed by atoms with Crippen molar-refractivity contribution in [2.45, 2.75) is 92.4 Å². The normalized spacial score (nSPS) is 17.6. The summed E-state index contributed by atoms with van der Waals surface area (Å²) >= 11 is 0. The molecule has 0 saturated carbocycles. The third kappa shape index (κ3) is 11.0. The Morgan fingerprint density at radius 3 is 1.89 bits per heavy atom. The largest absolute Gasteiger partial charge is 0.480 e. The lowest BCUT2D eigenvalue weighted by Gasteiger charge is -2.34. The van der Waals surface area contributed by atoms with Gasteiger partial charge in [0.05, 0.1) is 16.0 Å². The van der Waals surface area contributed by atoms with E-state index >= 15 is 0 Å². The quantitative estimate of drug-likeness (QED) is 0.119. The molecule has 1 aromatic heterocycles. The Balaban J connectivity index is 1.06. The highest BCUT2D eigenvalue weighted by molar-refractivity contribution is 7.89. The fourth-order valence-electron chi connectivity index (χ4n) is 7.28. The zero-order chi connectivity index (χ0) is 40.9. The van der Waals surface area contributed by atoms with E-state index in [2.05, 4.69) is 4.98 Å². The van der Waals surface area contributed by atoms with E-state index in [-0.39, 0.29) is 50.3 Å². The van der Waals surface area contributed by atoms with E-state index in [0.717, 1.165) is 44.4 Å². The first kappa shape index (κ1) is 43.3. The number of carbonyl (C=O) groups is 1. The van der Waals surface area contributed by atoms with Gasteiger partial charge in [-0.2, -0.15) is 35.4 Å². The van der Waals surface area contributed by atoms with E-state index < -0.39 is 71.1 Å². The first-order valence-corrected chi connectivity index (χ1v) is 21.2.